The van der Waals surface area contributed by atoms with Crippen molar-refractivity contribution in [1.29, 1.82) is 0 Å². The summed E-state index contributed by atoms with van der Waals surface area (Å²) in [6.45, 7) is 0.913. The number of anilines is 1. The Hall–Kier alpha value is -3.33. The van der Waals surface area contributed by atoms with Crippen molar-refractivity contribution >= 4 is 22.6 Å². The van der Waals surface area contributed by atoms with Crippen LogP contribution in [0.25, 0.3) is 16.6 Å². The summed E-state index contributed by atoms with van der Waals surface area (Å²) in [5.74, 6) is -4.02. The summed E-state index contributed by atoms with van der Waals surface area (Å²) in [6.07, 6.45) is 1.62. The topological polar surface area (TPSA) is 88.6 Å². The van der Waals surface area contributed by atoms with Crippen molar-refractivity contribution < 1.29 is 23.1 Å². The summed E-state index contributed by atoms with van der Waals surface area (Å²) < 4.78 is 43.7. The highest BCUT2D eigenvalue weighted by Gasteiger charge is 2.24. The zero-order chi connectivity index (χ0) is 20.9. The first kappa shape index (κ1) is 19.0. The summed E-state index contributed by atoms with van der Waals surface area (Å²) in [5, 5.41) is 9.13. The lowest BCUT2D eigenvalue weighted by Crippen LogP contribution is -2.27. The Morgan fingerprint density at radius 1 is 1.10 bits per heavy atom. The van der Waals surface area contributed by atoms with Crippen molar-refractivity contribution in [2.24, 2.45) is 5.73 Å². The van der Waals surface area contributed by atoms with Crippen LogP contribution >= 0.6 is 0 Å². The molecule has 0 amide bonds. The van der Waals surface area contributed by atoms with Crippen molar-refractivity contribution in [2.75, 3.05) is 18.0 Å². The largest absolute Gasteiger partial charge is 0.477 e. The van der Waals surface area contributed by atoms with Gasteiger partial charge < -0.3 is 20.3 Å². The molecule has 9 heteroatoms. The average molecular weight is 403 g/mol. The van der Waals surface area contributed by atoms with Crippen LogP contribution < -0.4 is 16.1 Å². The van der Waals surface area contributed by atoms with Crippen molar-refractivity contribution in [3.05, 3.63) is 69.8 Å². The van der Waals surface area contributed by atoms with Crippen molar-refractivity contribution in [3.63, 3.8) is 0 Å². The maximum atomic E-state index is 14.8. The van der Waals surface area contributed by atoms with Gasteiger partial charge in [0.05, 0.1) is 16.9 Å². The standard InChI is InChI=1S/C20H16F3N3O3/c21-10-1-2-16(14(22)5-10)26-9-13(20(28)29)19(27)12-6-15(23)18(7-17(12)26)25-4-3-11(24)8-25/h1-2,5-7,9,11H,3-4,8,24H2,(H,28,29)/t11-/m0/s1. The fourth-order valence-corrected chi connectivity index (χ4v) is 3.61. The van der Waals surface area contributed by atoms with Gasteiger partial charge in [-0.1, -0.05) is 0 Å². The molecule has 0 spiro atoms. The molecule has 4 rings (SSSR count). The minimum absolute atomic E-state index is 0.0994. The van der Waals surface area contributed by atoms with Crippen LogP contribution in [-0.4, -0.2) is 34.8 Å². The number of nitrogens with zero attached hydrogens (tertiary/aromatic N) is 2. The van der Waals surface area contributed by atoms with Crippen LogP contribution in [0.4, 0.5) is 18.9 Å². The molecular formula is C20H16F3N3O3. The number of carbonyl (C=O) groups is 1. The lowest BCUT2D eigenvalue weighted by Gasteiger charge is -2.21. The summed E-state index contributed by atoms with van der Waals surface area (Å²) >= 11 is 0. The van der Waals surface area contributed by atoms with E-state index in [-0.39, 0.29) is 28.3 Å². The number of aromatic nitrogens is 1. The van der Waals surface area contributed by atoms with Gasteiger partial charge in [-0.25, -0.2) is 18.0 Å². The number of hydrogen-bond acceptors (Lipinski definition) is 4. The molecule has 1 aliphatic heterocycles. The molecule has 2 aromatic carbocycles. The molecule has 1 aliphatic rings. The second kappa shape index (κ2) is 6.93. The molecule has 29 heavy (non-hydrogen) atoms. The van der Waals surface area contributed by atoms with Crippen LogP contribution in [0, 0.1) is 17.5 Å². The zero-order valence-electron chi connectivity index (χ0n) is 15.0. The quantitative estimate of drug-likeness (QED) is 0.702. The molecular weight excluding hydrogens is 387 g/mol. The van der Waals surface area contributed by atoms with Gasteiger partial charge >= 0.3 is 5.97 Å². The van der Waals surface area contributed by atoms with Gasteiger partial charge in [-0.05, 0) is 30.7 Å². The van der Waals surface area contributed by atoms with Crippen LogP contribution in [0.1, 0.15) is 16.8 Å². The molecule has 0 radical (unpaired) electrons. The predicted octanol–water partition coefficient (Wildman–Crippen LogP) is 2.64. The monoisotopic (exact) mass is 403 g/mol. The normalized spacial score (nSPS) is 16.6. The molecule has 150 valence electrons. The third kappa shape index (κ3) is 3.23. The van der Waals surface area contributed by atoms with E-state index >= 15 is 0 Å². The van der Waals surface area contributed by atoms with Crippen LogP contribution in [0.5, 0.6) is 0 Å². The summed E-state index contributed by atoms with van der Waals surface area (Å²) in [7, 11) is 0. The molecule has 2 heterocycles. The van der Waals surface area contributed by atoms with E-state index in [1.54, 1.807) is 4.90 Å². The number of hydrogen-bond donors (Lipinski definition) is 2. The summed E-state index contributed by atoms with van der Waals surface area (Å²) in [5.41, 5.74) is 4.44. The van der Waals surface area contributed by atoms with Crippen LogP contribution in [0.3, 0.4) is 0 Å². The smallest absolute Gasteiger partial charge is 0.341 e. The molecule has 0 aliphatic carbocycles. The van der Waals surface area contributed by atoms with Gasteiger partial charge in [0.2, 0.25) is 5.43 Å². The number of nitrogens with two attached hydrogens (primary N) is 1. The Kier molecular flexibility index (Phi) is 4.54. The number of aromatic carboxylic acids is 1. The number of carboxylic acid groups (broad SMARTS) is 1. The van der Waals surface area contributed by atoms with Crippen LogP contribution in [0.15, 0.2) is 41.3 Å². The van der Waals surface area contributed by atoms with Gasteiger partial charge in [0, 0.05) is 36.8 Å². The number of pyridine rings is 1. The molecule has 1 atom stereocenters. The third-order valence-corrected chi connectivity index (χ3v) is 5.04. The first-order valence-electron chi connectivity index (χ1n) is 8.84. The van der Waals surface area contributed by atoms with Gasteiger partial charge in [-0.3, -0.25) is 4.79 Å². The minimum Gasteiger partial charge on any atom is -0.477 e. The molecule has 1 fully saturated rings. The maximum absolute atomic E-state index is 14.8. The fraction of sp³-hybridized carbons (Fsp3) is 0.200. The van der Waals surface area contributed by atoms with Crippen molar-refractivity contribution in [1.82, 2.24) is 4.57 Å². The molecule has 0 unspecified atom stereocenters. The van der Waals surface area contributed by atoms with E-state index in [1.807, 2.05) is 0 Å². The van der Waals surface area contributed by atoms with E-state index in [0.29, 0.717) is 25.6 Å². The molecule has 3 aromatic rings. The molecule has 1 saturated heterocycles. The number of rotatable bonds is 3. The highest BCUT2D eigenvalue weighted by molar-refractivity contribution is 5.94. The first-order chi connectivity index (χ1) is 13.8. The van der Waals surface area contributed by atoms with E-state index in [4.69, 9.17) is 5.73 Å². The Labute approximate surface area is 162 Å². The maximum Gasteiger partial charge on any atom is 0.341 e. The van der Waals surface area contributed by atoms with Gasteiger partial charge in [0.25, 0.3) is 0 Å². The molecule has 0 bridgehead atoms. The molecule has 6 nitrogen and oxygen atoms in total. The molecule has 0 saturated carbocycles. The SMILES string of the molecule is N[C@H]1CCN(c2cc3c(cc2F)c(=O)c(C(=O)O)cn3-c2ccc(F)cc2F)C1. The zero-order valence-corrected chi connectivity index (χ0v) is 15.0. The average Bonchev–Trinajstić information content (AvgIpc) is 3.08. The van der Waals surface area contributed by atoms with Crippen molar-refractivity contribution in [3.8, 4) is 5.69 Å². The molecule has 1 aromatic heterocycles. The Morgan fingerprint density at radius 3 is 2.45 bits per heavy atom. The lowest BCUT2D eigenvalue weighted by atomic mass is 10.1. The van der Waals surface area contributed by atoms with Crippen molar-refractivity contribution in [2.45, 2.75) is 12.5 Å². The number of benzene rings is 2. The second-order valence-corrected chi connectivity index (χ2v) is 6.96. The Bertz CT molecular complexity index is 1210. The predicted molar refractivity (Wildman–Crippen MR) is 101 cm³/mol. The highest BCUT2D eigenvalue weighted by Crippen LogP contribution is 2.29. The number of fused-ring (bicyclic) bond motifs is 1. The minimum atomic E-state index is -1.54. The fourth-order valence-electron chi connectivity index (χ4n) is 3.61. The summed E-state index contributed by atoms with van der Waals surface area (Å²) in [6, 6.07) is 4.95. The molecule has 3 N–H and O–H groups in total. The van der Waals surface area contributed by atoms with Gasteiger partial charge in [-0.15, -0.1) is 0 Å². The van der Waals surface area contributed by atoms with Crippen LogP contribution in [0.2, 0.25) is 0 Å². The lowest BCUT2D eigenvalue weighted by molar-refractivity contribution is 0.0695. The van der Waals surface area contributed by atoms with E-state index in [0.717, 1.165) is 29.0 Å². The second-order valence-electron chi connectivity index (χ2n) is 6.96. The Balaban J connectivity index is 2.05. The van der Waals surface area contributed by atoms with Gasteiger partial charge in [-0.2, -0.15) is 0 Å². The Morgan fingerprint density at radius 2 is 1.83 bits per heavy atom. The third-order valence-electron chi connectivity index (χ3n) is 5.04. The number of halogens is 3. The first-order valence-corrected chi connectivity index (χ1v) is 8.84. The van der Waals surface area contributed by atoms with Gasteiger partial charge in [0.1, 0.15) is 23.0 Å². The van der Waals surface area contributed by atoms with Gasteiger partial charge in [0.15, 0.2) is 0 Å². The van der Waals surface area contributed by atoms with E-state index < -0.39 is 34.4 Å². The van der Waals surface area contributed by atoms with E-state index in [9.17, 15) is 27.9 Å². The van der Waals surface area contributed by atoms with E-state index in [1.165, 1.54) is 6.07 Å². The van der Waals surface area contributed by atoms with E-state index in [2.05, 4.69) is 0 Å². The van der Waals surface area contributed by atoms with Crippen LogP contribution in [-0.2, 0) is 0 Å². The number of carboxylic acids is 1. The summed E-state index contributed by atoms with van der Waals surface area (Å²) in [4.78, 5) is 25.8. The highest BCUT2D eigenvalue weighted by atomic mass is 19.1.